The molecule has 0 radical (unpaired) electrons. The summed E-state index contributed by atoms with van der Waals surface area (Å²) in [5.41, 5.74) is 2.88. The fraction of sp³-hybridized carbons (Fsp3) is 0.360. The van der Waals surface area contributed by atoms with Gasteiger partial charge in [-0.25, -0.2) is 14.8 Å². The van der Waals surface area contributed by atoms with Crippen LogP contribution in [0, 0.1) is 6.92 Å². The number of nitrogens with one attached hydrogen (secondary N) is 1. The van der Waals surface area contributed by atoms with Gasteiger partial charge in [0.05, 0.1) is 29.8 Å². The van der Waals surface area contributed by atoms with E-state index in [1.165, 1.54) is 0 Å². The predicted octanol–water partition coefficient (Wildman–Crippen LogP) is 3.29. The van der Waals surface area contributed by atoms with Crippen molar-refractivity contribution >= 4 is 40.1 Å². The van der Waals surface area contributed by atoms with Crippen molar-refractivity contribution in [3.8, 4) is 0 Å². The molecule has 0 aliphatic carbocycles. The van der Waals surface area contributed by atoms with Gasteiger partial charge in [0.15, 0.2) is 5.65 Å². The zero-order chi connectivity index (χ0) is 25.4. The van der Waals surface area contributed by atoms with Gasteiger partial charge in [-0.05, 0) is 45.9 Å². The lowest BCUT2D eigenvalue weighted by atomic mass is 10.1. The van der Waals surface area contributed by atoms with Gasteiger partial charge in [-0.1, -0.05) is 0 Å². The lowest BCUT2D eigenvalue weighted by molar-refractivity contribution is 0.0240. The SMILES string of the molecule is Cc1cn2cc(NC(=O)c3ccc(N4CCN(C(=O)OC(C)(C)C)CC4)c4ccnnc34)ncc2n1. The lowest BCUT2D eigenvalue weighted by Gasteiger charge is -2.37. The molecule has 4 aromatic rings. The highest BCUT2D eigenvalue weighted by molar-refractivity contribution is 6.13. The first-order valence-corrected chi connectivity index (χ1v) is 11.8. The van der Waals surface area contributed by atoms with Crippen LogP contribution in [0.25, 0.3) is 16.6 Å². The zero-order valence-electron chi connectivity index (χ0n) is 20.7. The van der Waals surface area contributed by atoms with Gasteiger partial charge in [-0.2, -0.15) is 5.10 Å². The highest BCUT2D eigenvalue weighted by Gasteiger charge is 2.27. The molecule has 0 saturated carbocycles. The van der Waals surface area contributed by atoms with Crippen LogP contribution in [0.2, 0.25) is 0 Å². The fourth-order valence-corrected chi connectivity index (χ4v) is 4.26. The number of fused-ring (bicyclic) bond motifs is 2. The molecule has 36 heavy (non-hydrogen) atoms. The number of aryl methyl sites for hydroxylation is 1. The molecule has 0 bridgehead atoms. The quantitative estimate of drug-likeness (QED) is 0.467. The Morgan fingerprint density at radius 2 is 1.83 bits per heavy atom. The third-order valence-corrected chi connectivity index (χ3v) is 5.88. The van der Waals surface area contributed by atoms with Crippen LogP contribution in [0.1, 0.15) is 36.8 Å². The fourth-order valence-electron chi connectivity index (χ4n) is 4.26. The van der Waals surface area contributed by atoms with Gasteiger partial charge in [0, 0.05) is 43.4 Å². The zero-order valence-corrected chi connectivity index (χ0v) is 20.7. The molecule has 4 heterocycles. The van der Waals surface area contributed by atoms with E-state index in [2.05, 4.69) is 30.4 Å². The van der Waals surface area contributed by atoms with Crippen molar-refractivity contribution in [3.63, 3.8) is 0 Å². The molecule has 5 rings (SSSR count). The van der Waals surface area contributed by atoms with Crippen LogP contribution in [0.5, 0.6) is 0 Å². The van der Waals surface area contributed by atoms with E-state index >= 15 is 0 Å². The Morgan fingerprint density at radius 3 is 2.58 bits per heavy atom. The van der Waals surface area contributed by atoms with Crippen LogP contribution in [0.15, 0.2) is 43.0 Å². The number of piperazine rings is 1. The van der Waals surface area contributed by atoms with Crippen LogP contribution in [0.3, 0.4) is 0 Å². The van der Waals surface area contributed by atoms with Crippen molar-refractivity contribution in [2.45, 2.75) is 33.3 Å². The Labute approximate surface area is 208 Å². The van der Waals surface area contributed by atoms with Crippen LogP contribution >= 0.6 is 0 Å². The van der Waals surface area contributed by atoms with E-state index in [-0.39, 0.29) is 12.0 Å². The number of amides is 2. The van der Waals surface area contributed by atoms with E-state index in [1.807, 2.05) is 50.4 Å². The molecular weight excluding hydrogens is 460 g/mol. The summed E-state index contributed by atoms with van der Waals surface area (Å²) < 4.78 is 7.32. The van der Waals surface area contributed by atoms with Crippen molar-refractivity contribution in [1.29, 1.82) is 0 Å². The minimum Gasteiger partial charge on any atom is -0.444 e. The van der Waals surface area contributed by atoms with E-state index in [4.69, 9.17) is 4.74 Å². The third kappa shape index (κ3) is 4.77. The molecule has 11 nitrogen and oxygen atoms in total. The first kappa shape index (κ1) is 23.5. The van der Waals surface area contributed by atoms with Gasteiger partial charge in [-0.15, -0.1) is 5.10 Å². The average Bonchev–Trinajstić information content (AvgIpc) is 3.21. The number of imidazole rings is 1. The van der Waals surface area contributed by atoms with Crippen LogP contribution < -0.4 is 10.2 Å². The summed E-state index contributed by atoms with van der Waals surface area (Å²) in [4.78, 5) is 38.2. The maximum Gasteiger partial charge on any atom is 0.410 e. The number of anilines is 2. The van der Waals surface area contributed by atoms with Crippen molar-refractivity contribution in [1.82, 2.24) is 29.5 Å². The Hall–Kier alpha value is -4.28. The van der Waals surface area contributed by atoms with Gasteiger partial charge >= 0.3 is 6.09 Å². The van der Waals surface area contributed by atoms with Crippen molar-refractivity contribution < 1.29 is 14.3 Å². The van der Waals surface area contributed by atoms with Crippen molar-refractivity contribution in [2.75, 3.05) is 36.4 Å². The highest BCUT2D eigenvalue weighted by atomic mass is 16.6. The Balaban J connectivity index is 1.35. The number of nitrogens with zero attached hydrogens (tertiary/aromatic N) is 7. The highest BCUT2D eigenvalue weighted by Crippen LogP contribution is 2.29. The van der Waals surface area contributed by atoms with Gasteiger partial charge < -0.3 is 24.3 Å². The topological polar surface area (TPSA) is 118 Å². The first-order valence-electron chi connectivity index (χ1n) is 11.8. The summed E-state index contributed by atoms with van der Waals surface area (Å²) >= 11 is 0. The molecule has 1 aliphatic rings. The van der Waals surface area contributed by atoms with Gasteiger partial charge in [0.25, 0.3) is 5.91 Å². The molecule has 11 heteroatoms. The number of carbonyl (C=O) groups excluding carboxylic acids is 2. The van der Waals surface area contributed by atoms with Crippen molar-refractivity contribution in [3.05, 3.63) is 54.2 Å². The molecule has 2 amide bonds. The molecule has 1 aromatic carbocycles. The smallest absolute Gasteiger partial charge is 0.410 e. The molecule has 1 fully saturated rings. The van der Waals surface area contributed by atoms with Crippen LogP contribution in [0.4, 0.5) is 16.3 Å². The number of hydrogen-bond donors (Lipinski definition) is 1. The third-order valence-electron chi connectivity index (χ3n) is 5.88. The van der Waals surface area contributed by atoms with Crippen LogP contribution in [-0.2, 0) is 4.74 Å². The van der Waals surface area contributed by atoms with Crippen molar-refractivity contribution in [2.24, 2.45) is 0 Å². The Kier molecular flexibility index (Phi) is 5.91. The molecule has 0 unspecified atom stereocenters. The van der Waals surface area contributed by atoms with E-state index in [1.54, 1.807) is 29.6 Å². The molecular formula is C25H28N8O3. The first-order chi connectivity index (χ1) is 17.2. The molecule has 0 atom stereocenters. The number of ether oxygens (including phenoxy) is 1. The molecule has 0 spiro atoms. The minimum absolute atomic E-state index is 0.303. The molecule has 3 aromatic heterocycles. The van der Waals surface area contributed by atoms with E-state index in [0.29, 0.717) is 48.7 Å². The average molecular weight is 489 g/mol. The number of carbonyl (C=O) groups is 2. The number of rotatable bonds is 3. The van der Waals surface area contributed by atoms with E-state index in [0.717, 1.165) is 16.8 Å². The second kappa shape index (κ2) is 9.06. The standard InChI is InChI=1S/C25H28N8O3/c1-16-14-33-15-20(26-13-21(33)28-16)29-23(34)18-5-6-19(17-7-8-27-30-22(17)18)31-9-11-32(12-10-31)24(35)36-25(2,3)4/h5-8,13-15H,9-12H2,1-4H3,(H,29,34). The summed E-state index contributed by atoms with van der Waals surface area (Å²) in [6, 6.07) is 5.52. The molecule has 186 valence electrons. The normalized spacial score (nSPS) is 14.3. The molecule has 1 saturated heterocycles. The minimum atomic E-state index is -0.529. The van der Waals surface area contributed by atoms with Crippen LogP contribution in [-0.4, -0.2) is 73.2 Å². The second-order valence-electron chi connectivity index (χ2n) is 9.75. The summed E-state index contributed by atoms with van der Waals surface area (Å²) in [5.74, 6) is 0.0785. The number of hydrogen-bond acceptors (Lipinski definition) is 8. The Bertz CT molecular complexity index is 1450. The van der Waals surface area contributed by atoms with Gasteiger partial charge in [0.1, 0.15) is 16.9 Å². The van der Waals surface area contributed by atoms with Gasteiger partial charge in [0.2, 0.25) is 0 Å². The summed E-state index contributed by atoms with van der Waals surface area (Å²) in [6.45, 7) is 9.83. The Morgan fingerprint density at radius 1 is 1.06 bits per heavy atom. The summed E-state index contributed by atoms with van der Waals surface area (Å²) in [5, 5.41) is 12.0. The summed E-state index contributed by atoms with van der Waals surface area (Å²) in [6.07, 6.45) is 6.51. The van der Waals surface area contributed by atoms with E-state index < -0.39 is 5.60 Å². The molecule has 1 N–H and O–H groups in total. The van der Waals surface area contributed by atoms with Gasteiger partial charge in [-0.3, -0.25) is 4.79 Å². The monoisotopic (exact) mass is 488 g/mol. The largest absolute Gasteiger partial charge is 0.444 e. The molecule has 1 aliphatic heterocycles. The number of aromatic nitrogens is 5. The second-order valence-corrected chi connectivity index (χ2v) is 9.75. The maximum absolute atomic E-state index is 13.2. The summed E-state index contributed by atoms with van der Waals surface area (Å²) in [7, 11) is 0. The van der Waals surface area contributed by atoms with E-state index in [9.17, 15) is 9.59 Å². The maximum atomic E-state index is 13.2. The number of benzene rings is 1. The predicted molar refractivity (Wildman–Crippen MR) is 135 cm³/mol. The lowest BCUT2D eigenvalue weighted by Crippen LogP contribution is -2.50.